The van der Waals surface area contributed by atoms with E-state index in [2.05, 4.69) is 10.3 Å². The van der Waals surface area contributed by atoms with Crippen molar-refractivity contribution in [2.45, 2.75) is 18.4 Å². The maximum absolute atomic E-state index is 12.6. The summed E-state index contributed by atoms with van der Waals surface area (Å²) in [5.74, 6) is 0. The molecular formula is C16H20N4O3S2. The van der Waals surface area contributed by atoms with Crippen molar-refractivity contribution in [1.29, 1.82) is 0 Å². The van der Waals surface area contributed by atoms with Crippen LogP contribution < -0.4 is 5.32 Å². The standard InChI is InChI=1S/C16H20N4O3S2/c1-13-12-24-15(18-13)11-17-16(21)19-7-9-20(10-8-19)25(22,23)14-5-3-2-4-6-14/h2-6,12H,7-11H2,1H3,(H,17,21). The van der Waals surface area contributed by atoms with Gasteiger partial charge in [-0.1, -0.05) is 18.2 Å². The number of urea groups is 1. The van der Waals surface area contributed by atoms with Crippen molar-refractivity contribution in [1.82, 2.24) is 19.5 Å². The minimum Gasteiger partial charge on any atom is -0.331 e. The Labute approximate surface area is 151 Å². The van der Waals surface area contributed by atoms with Crippen LogP contribution in [-0.4, -0.2) is 54.8 Å². The van der Waals surface area contributed by atoms with Gasteiger partial charge in [-0.3, -0.25) is 0 Å². The highest BCUT2D eigenvalue weighted by Crippen LogP contribution is 2.17. The lowest BCUT2D eigenvalue weighted by atomic mass is 10.4. The first kappa shape index (κ1) is 17.8. The summed E-state index contributed by atoms with van der Waals surface area (Å²) in [6.45, 7) is 3.62. The summed E-state index contributed by atoms with van der Waals surface area (Å²) >= 11 is 1.51. The number of nitrogens with one attached hydrogen (secondary N) is 1. The molecule has 2 amide bonds. The molecule has 2 aromatic rings. The molecule has 0 unspecified atom stereocenters. The van der Waals surface area contributed by atoms with Crippen LogP contribution in [-0.2, 0) is 16.6 Å². The first-order chi connectivity index (χ1) is 12.0. The second-order valence-corrected chi connectivity index (χ2v) is 8.63. The summed E-state index contributed by atoms with van der Waals surface area (Å²) in [7, 11) is -3.50. The Balaban J connectivity index is 1.54. The van der Waals surface area contributed by atoms with Crippen LogP contribution in [0.3, 0.4) is 0 Å². The van der Waals surface area contributed by atoms with E-state index in [9.17, 15) is 13.2 Å². The highest BCUT2D eigenvalue weighted by atomic mass is 32.2. The predicted octanol–water partition coefficient (Wildman–Crippen LogP) is 1.67. The lowest BCUT2D eigenvalue weighted by Gasteiger charge is -2.33. The smallest absolute Gasteiger partial charge is 0.317 e. The Hall–Kier alpha value is -1.97. The van der Waals surface area contributed by atoms with E-state index in [1.165, 1.54) is 15.6 Å². The summed E-state index contributed by atoms with van der Waals surface area (Å²) in [5.41, 5.74) is 0.939. The fourth-order valence-corrected chi connectivity index (χ4v) is 4.77. The molecule has 3 rings (SSSR count). The molecule has 134 valence electrons. The second-order valence-electron chi connectivity index (χ2n) is 5.75. The number of thiazole rings is 1. The molecule has 1 aliphatic rings. The Morgan fingerprint density at radius 2 is 1.88 bits per heavy atom. The van der Waals surface area contributed by atoms with E-state index in [-0.39, 0.29) is 10.9 Å². The molecule has 0 spiro atoms. The SMILES string of the molecule is Cc1csc(CNC(=O)N2CCN(S(=O)(=O)c3ccccc3)CC2)n1. The van der Waals surface area contributed by atoms with Crippen LogP contribution >= 0.6 is 11.3 Å². The number of nitrogens with zero attached hydrogens (tertiary/aromatic N) is 3. The van der Waals surface area contributed by atoms with Gasteiger partial charge in [-0.15, -0.1) is 11.3 Å². The van der Waals surface area contributed by atoms with Crippen LogP contribution in [0.25, 0.3) is 0 Å². The zero-order chi connectivity index (χ0) is 17.9. The predicted molar refractivity (Wildman–Crippen MR) is 95.9 cm³/mol. The van der Waals surface area contributed by atoms with E-state index >= 15 is 0 Å². The van der Waals surface area contributed by atoms with Crippen LogP contribution in [0.4, 0.5) is 4.79 Å². The van der Waals surface area contributed by atoms with Gasteiger partial charge < -0.3 is 10.2 Å². The fourth-order valence-electron chi connectivity index (χ4n) is 2.62. The first-order valence-corrected chi connectivity index (χ1v) is 10.3. The largest absolute Gasteiger partial charge is 0.331 e. The third-order valence-corrected chi connectivity index (χ3v) is 6.84. The van der Waals surface area contributed by atoms with Crippen molar-refractivity contribution in [3.8, 4) is 0 Å². The molecule has 2 heterocycles. The van der Waals surface area contributed by atoms with Crippen molar-refractivity contribution >= 4 is 27.4 Å². The molecular weight excluding hydrogens is 360 g/mol. The molecule has 0 bridgehead atoms. The zero-order valence-electron chi connectivity index (χ0n) is 13.9. The zero-order valence-corrected chi connectivity index (χ0v) is 15.5. The van der Waals surface area contributed by atoms with Crippen molar-refractivity contribution in [3.63, 3.8) is 0 Å². The Morgan fingerprint density at radius 3 is 2.48 bits per heavy atom. The van der Waals surface area contributed by atoms with Crippen molar-refractivity contribution in [2.75, 3.05) is 26.2 Å². The van der Waals surface area contributed by atoms with Gasteiger partial charge in [0.25, 0.3) is 0 Å². The summed E-state index contributed by atoms with van der Waals surface area (Å²) in [6.07, 6.45) is 0. The number of hydrogen-bond donors (Lipinski definition) is 1. The number of amides is 2. The van der Waals surface area contributed by atoms with Gasteiger partial charge in [0.15, 0.2) is 0 Å². The molecule has 0 aliphatic carbocycles. The number of carbonyl (C=O) groups is 1. The van der Waals surface area contributed by atoms with Gasteiger partial charge in [0.2, 0.25) is 10.0 Å². The Bertz CT molecular complexity index is 828. The number of piperazine rings is 1. The third kappa shape index (κ3) is 4.17. The average Bonchev–Trinajstić information content (AvgIpc) is 3.06. The van der Waals surface area contributed by atoms with E-state index in [0.717, 1.165) is 10.7 Å². The number of aromatic nitrogens is 1. The number of aryl methyl sites for hydroxylation is 1. The van der Waals surface area contributed by atoms with E-state index in [1.54, 1.807) is 35.2 Å². The Morgan fingerprint density at radius 1 is 1.20 bits per heavy atom. The monoisotopic (exact) mass is 380 g/mol. The lowest BCUT2D eigenvalue weighted by Crippen LogP contribution is -2.52. The normalized spacial score (nSPS) is 16.0. The third-order valence-electron chi connectivity index (χ3n) is 3.96. The van der Waals surface area contributed by atoms with E-state index in [4.69, 9.17) is 0 Å². The number of sulfonamides is 1. The molecule has 1 saturated heterocycles. The average molecular weight is 380 g/mol. The van der Waals surface area contributed by atoms with E-state index < -0.39 is 10.0 Å². The van der Waals surface area contributed by atoms with E-state index in [1.807, 2.05) is 12.3 Å². The highest BCUT2D eigenvalue weighted by molar-refractivity contribution is 7.89. The summed E-state index contributed by atoms with van der Waals surface area (Å²) in [6, 6.07) is 8.18. The van der Waals surface area contributed by atoms with E-state index in [0.29, 0.717) is 32.7 Å². The van der Waals surface area contributed by atoms with Gasteiger partial charge >= 0.3 is 6.03 Å². The van der Waals surface area contributed by atoms with Crippen LogP contribution in [0.2, 0.25) is 0 Å². The molecule has 1 aliphatic heterocycles. The Kier molecular flexibility index (Phi) is 5.36. The van der Waals surface area contributed by atoms with Crippen molar-refractivity contribution in [2.24, 2.45) is 0 Å². The van der Waals surface area contributed by atoms with Crippen LogP contribution in [0, 0.1) is 6.92 Å². The van der Waals surface area contributed by atoms with Gasteiger partial charge in [-0.05, 0) is 19.1 Å². The van der Waals surface area contributed by atoms with Crippen molar-refractivity contribution in [3.05, 3.63) is 46.4 Å². The summed E-state index contributed by atoms with van der Waals surface area (Å²) in [4.78, 5) is 18.5. The van der Waals surface area contributed by atoms with Crippen LogP contribution in [0.5, 0.6) is 0 Å². The summed E-state index contributed by atoms with van der Waals surface area (Å²) in [5, 5.41) is 5.63. The van der Waals surface area contributed by atoms with Crippen molar-refractivity contribution < 1.29 is 13.2 Å². The minimum atomic E-state index is -3.50. The van der Waals surface area contributed by atoms with Gasteiger partial charge in [0.1, 0.15) is 5.01 Å². The quantitative estimate of drug-likeness (QED) is 0.875. The number of hydrogen-bond acceptors (Lipinski definition) is 5. The van der Waals surface area contributed by atoms with Gasteiger partial charge in [0.05, 0.1) is 11.4 Å². The molecule has 0 saturated carbocycles. The maximum Gasteiger partial charge on any atom is 0.317 e. The lowest BCUT2D eigenvalue weighted by molar-refractivity contribution is 0.172. The molecule has 0 atom stereocenters. The van der Waals surface area contributed by atoms with Gasteiger partial charge in [-0.2, -0.15) is 4.31 Å². The molecule has 1 N–H and O–H groups in total. The van der Waals surface area contributed by atoms with Gasteiger partial charge in [0, 0.05) is 37.3 Å². The molecule has 1 aromatic heterocycles. The summed E-state index contributed by atoms with van der Waals surface area (Å²) < 4.78 is 26.6. The highest BCUT2D eigenvalue weighted by Gasteiger charge is 2.29. The van der Waals surface area contributed by atoms with Crippen LogP contribution in [0.1, 0.15) is 10.7 Å². The first-order valence-electron chi connectivity index (χ1n) is 7.96. The fraction of sp³-hybridized carbons (Fsp3) is 0.375. The molecule has 25 heavy (non-hydrogen) atoms. The molecule has 7 nitrogen and oxygen atoms in total. The molecule has 1 aromatic carbocycles. The molecule has 9 heteroatoms. The minimum absolute atomic E-state index is 0.190. The number of benzene rings is 1. The second kappa shape index (κ2) is 7.51. The topological polar surface area (TPSA) is 82.6 Å². The number of rotatable bonds is 4. The maximum atomic E-state index is 12.6. The molecule has 1 fully saturated rings. The number of carbonyl (C=O) groups excluding carboxylic acids is 1. The molecule has 0 radical (unpaired) electrons. The van der Waals surface area contributed by atoms with Gasteiger partial charge in [-0.25, -0.2) is 18.2 Å². The van der Waals surface area contributed by atoms with Crippen LogP contribution in [0.15, 0.2) is 40.6 Å².